The van der Waals surface area contributed by atoms with Crippen molar-refractivity contribution in [3.8, 4) is 11.5 Å². The van der Waals surface area contributed by atoms with Crippen LogP contribution in [0.4, 0.5) is 5.69 Å². The van der Waals surface area contributed by atoms with E-state index in [2.05, 4.69) is 22.4 Å². The molecule has 1 aliphatic carbocycles. The molecule has 146 valence electrons. The van der Waals surface area contributed by atoms with Gasteiger partial charge in [-0.3, -0.25) is 4.99 Å². The Labute approximate surface area is 178 Å². The molecule has 0 aliphatic heterocycles. The fourth-order valence-corrected chi connectivity index (χ4v) is 3.70. The van der Waals surface area contributed by atoms with Crippen molar-refractivity contribution in [1.82, 2.24) is 0 Å². The maximum absolute atomic E-state index is 6.16. The lowest BCUT2D eigenvalue weighted by molar-refractivity contribution is 0.408. The van der Waals surface area contributed by atoms with Gasteiger partial charge in [-0.25, -0.2) is 0 Å². The van der Waals surface area contributed by atoms with Crippen LogP contribution in [-0.4, -0.2) is 26.7 Å². The molecule has 2 aromatic carbocycles. The number of anilines is 1. The standard InChI is InChI=1S/C21H27N3O2.HI/c1-25-17-9-7-8-16(14-17)21(12-5-6-13-21)15-23-20(22)24-18-10-3-4-11-19(18)26-2;/h3-4,7-11,14H,5-6,12-13,15H2,1-2H3,(H3,22,23,24);1H. The van der Waals surface area contributed by atoms with E-state index < -0.39 is 0 Å². The lowest BCUT2D eigenvalue weighted by Gasteiger charge is -2.28. The minimum absolute atomic E-state index is 0. The number of methoxy groups -OCH3 is 2. The second kappa shape index (κ2) is 9.82. The summed E-state index contributed by atoms with van der Waals surface area (Å²) in [4.78, 5) is 4.67. The summed E-state index contributed by atoms with van der Waals surface area (Å²) in [5, 5.41) is 3.15. The van der Waals surface area contributed by atoms with Crippen LogP contribution in [0.3, 0.4) is 0 Å². The quantitative estimate of drug-likeness (QED) is 0.361. The third kappa shape index (κ3) is 5.06. The molecule has 1 fully saturated rings. The van der Waals surface area contributed by atoms with E-state index in [4.69, 9.17) is 15.2 Å². The number of rotatable bonds is 6. The van der Waals surface area contributed by atoms with Gasteiger partial charge in [-0.15, -0.1) is 24.0 Å². The Hall–Kier alpha value is -1.96. The first-order valence-corrected chi connectivity index (χ1v) is 9.01. The third-order valence-corrected chi connectivity index (χ3v) is 5.16. The van der Waals surface area contributed by atoms with Crippen molar-refractivity contribution in [2.75, 3.05) is 26.1 Å². The van der Waals surface area contributed by atoms with Gasteiger partial charge in [-0.1, -0.05) is 37.1 Å². The molecule has 1 saturated carbocycles. The molecule has 0 atom stereocenters. The average Bonchev–Trinajstić information content (AvgIpc) is 3.17. The number of aliphatic imine (C=N–C) groups is 1. The van der Waals surface area contributed by atoms with Gasteiger partial charge >= 0.3 is 0 Å². The van der Waals surface area contributed by atoms with Gasteiger partial charge in [0.05, 0.1) is 26.5 Å². The highest BCUT2D eigenvalue weighted by Gasteiger charge is 2.35. The number of hydrogen-bond acceptors (Lipinski definition) is 3. The summed E-state index contributed by atoms with van der Waals surface area (Å²) in [5.74, 6) is 2.04. The van der Waals surface area contributed by atoms with E-state index in [1.165, 1.54) is 18.4 Å². The Morgan fingerprint density at radius 1 is 1.07 bits per heavy atom. The maximum atomic E-state index is 6.16. The van der Waals surface area contributed by atoms with Crippen LogP contribution in [0.15, 0.2) is 53.5 Å². The summed E-state index contributed by atoms with van der Waals surface area (Å²) >= 11 is 0. The largest absolute Gasteiger partial charge is 0.497 e. The number of ether oxygens (including phenoxy) is 2. The molecule has 6 heteroatoms. The molecule has 27 heavy (non-hydrogen) atoms. The number of nitrogens with two attached hydrogens (primary N) is 1. The minimum Gasteiger partial charge on any atom is -0.497 e. The molecular weight excluding hydrogens is 453 g/mol. The van der Waals surface area contributed by atoms with E-state index in [1.807, 2.05) is 36.4 Å². The Kier molecular flexibility index (Phi) is 7.77. The molecule has 2 aromatic rings. The molecule has 3 N–H and O–H groups in total. The highest BCUT2D eigenvalue weighted by molar-refractivity contribution is 14.0. The molecular formula is C21H28IN3O2. The number of halogens is 1. The predicted molar refractivity (Wildman–Crippen MR) is 122 cm³/mol. The summed E-state index contributed by atoms with van der Waals surface area (Å²) in [5.41, 5.74) is 8.29. The Morgan fingerprint density at radius 3 is 2.52 bits per heavy atom. The van der Waals surface area contributed by atoms with Crippen molar-refractivity contribution < 1.29 is 9.47 Å². The number of hydrogen-bond donors (Lipinski definition) is 2. The highest BCUT2D eigenvalue weighted by Crippen LogP contribution is 2.42. The summed E-state index contributed by atoms with van der Waals surface area (Å²) in [6, 6.07) is 16.0. The fourth-order valence-electron chi connectivity index (χ4n) is 3.70. The van der Waals surface area contributed by atoms with E-state index in [-0.39, 0.29) is 29.4 Å². The molecule has 3 rings (SSSR count). The van der Waals surface area contributed by atoms with E-state index in [1.54, 1.807) is 14.2 Å². The zero-order chi connectivity index (χ0) is 18.4. The van der Waals surface area contributed by atoms with Gasteiger partial charge in [-0.05, 0) is 42.7 Å². The van der Waals surface area contributed by atoms with Crippen LogP contribution >= 0.6 is 24.0 Å². The lowest BCUT2D eigenvalue weighted by Crippen LogP contribution is -2.30. The van der Waals surface area contributed by atoms with Gasteiger partial charge < -0.3 is 20.5 Å². The van der Waals surface area contributed by atoms with Crippen LogP contribution in [0.2, 0.25) is 0 Å². The third-order valence-electron chi connectivity index (χ3n) is 5.16. The summed E-state index contributed by atoms with van der Waals surface area (Å²) in [6.45, 7) is 0.661. The second-order valence-corrected chi connectivity index (χ2v) is 6.75. The molecule has 0 bridgehead atoms. The highest BCUT2D eigenvalue weighted by atomic mass is 127. The van der Waals surface area contributed by atoms with Crippen LogP contribution in [0.5, 0.6) is 11.5 Å². The van der Waals surface area contributed by atoms with Crippen molar-refractivity contribution in [1.29, 1.82) is 0 Å². The smallest absolute Gasteiger partial charge is 0.193 e. The zero-order valence-corrected chi connectivity index (χ0v) is 18.2. The molecule has 0 heterocycles. The summed E-state index contributed by atoms with van der Waals surface area (Å²) < 4.78 is 10.8. The summed E-state index contributed by atoms with van der Waals surface area (Å²) in [7, 11) is 3.35. The van der Waals surface area contributed by atoms with Gasteiger partial charge in [-0.2, -0.15) is 0 Å². The number of para-hydroxylation sites is 2. The average molecular weight is 481 g/mol. The van der Waals surface area contributed by atoms with Crippen molar-refractivity contribution in [2.24, 2.45) is 10.7 Å². The molecule has 0 radical (unpaired) electrons. The first-order chi connectivity index (χ1) is 12.7. The zero-order valence-electron chi connectivity index (χ0n) is 15.9. The van der Waals surface area contributed by atoms with Crippen LogP contribution in [0, 0.1) is 0 Å². The van der Waals surface area contributed by atoms with E-state index in [0.29, 0.717) is 12.5 Å². The second-order valence-electron chi connectivity index (χ2n) is 6.75. The van der Waals surface area contributed by atoms with Crippen LogP contribution in [0.1, 0.15) is 31.2 Å². The first kappa shape index (κ1) is 21.3. The molecule has 0 unspecified atom stereocenters. The van der Waals surface area contributed by atoms with Gasteiger partial charge in [0.1, 0.15) is 11.5 Å². The Bertz CT molecular complexity index is 774. The molecule has 1 aliphatic rings. The van der Waals surface area contributed by atoms with E-state index >= 15 is 0 Å². The van der Waals surface area contributed by atoms with Gasteiger partial charge in [0.25, 0.3) is 0 Å². The SMILES string of the molecule is COc1cccc(C2(CN=C(N)Nc3ccccc3OC)CCCC2)c1.I. The Morgan fingerprint density at radius 2 is 1.81 bits per heavy atom. The monoisotopic (exact) mass is 481 g/mol. The van der Waals surface area contributed by atoms with Crippen LogP contribution in [0.25, 0.3) is 0 Å². The van der Waals surface area contributed by atoms with Crippen molar-refractivity contribution >= 4 is 35.6 Å². The number of guanidine groups is 1. The van der Waals surface area contributed by atoms with Gasteiger partial charge in [0, 0.05) is 5.41 Å². The van der Waals surface area contributed by atoms with Crippen molar-refractivity contribution in [3.05, 3.63) is 54.1 Å². The molecule has 0 amide bonds. The fraction of sp³-hybridized carbons (Fsp3) is 0.381. The van der Waals surface area contributed by atoms with Gasteiger partial charge in [0.2, 0.25) is 0 Å². The van der Waals surface area contributed by atoms with Gasteiger partial charge in [0.15, 0.2) is 5.96 Å². The predicted octanol–water partition coefficient (Wildman–Crippen LogP) is 4.56. The first-order valence-electron chi connectivity index (χ1n) is 9.01. The summed E-state index contributed by atoms with van der Waals surface area (Å²) in [6.07, 6.45) is 4.66. The normalized spacial score (nSPS) is 15.7. The maximum Gasteiger partial charge on any atom is 0.193 e. The molecule has 0 spiro atoms. The molecule has 0 saturated heterocycles. The van der Waals surface area contributed by atoms with Crippen LogP contribution < -0.4 is 20.5 Å². The van der Waals surface area contributed by atoms with Crippen molar-refractivity contribution in [3.63, 3.8) is 0 Å². The number of nitrogens with one attached hydrogen (secondary N) is 1. The Balaban J connectivity index is 0.00000261. The van der Waals surface area contributed by atoms with E-state index in [0.717, 1.165) is 30.0 Å². The number of benzene rings is 2. The van der Waals surface area contributed by atoms with Crippen LogP contribution in [-0.2, 0) is 5.41 Å². The topological polar surface area (TPSA) is 68.9 Å². The molecule has 5 nitrogen and oxygen atoms in total. The minimum atomic E-state index is 0. The van der Waals surface area contributed by atoms with E-state index in [9.17, 15) is 0 Å². The number of nitrogens with zero attached hydrogens (tertiary/aromatic N) is 1. The molecule has 0 aromatic heterocycles. The lowest BCUT2D eigenvalue weighted by atomic mass is 9.79. The van der Waals surface area contributed by atoms with Crippen molar-refractivity contribution in [2.45, 2.75) is 31.1 Å².